The van der Waals surface area contributed by atoms with Crippen molar-refractivity contribution in [3.63, 3.8) is 0 Å². The molecule has 4 heteroatoms. The summed E-state index contributed by atoms with van der Waals surface area (Å²) in [7, 11) is 0. The highest BCUT2D eigenvalue weighted by Crippen LogP contribution is 2.21. The normalized spacial score (nSPS) is 14.0. The van der Waals surface area contributed by atoms with Gasteiger partial charge in [0.25, 0.3) is 0 Å². The summed E-state index contributed by atoms with van der Waals surface area (Å²) in [6.45, 7) is 6.06. The number of aliphatic hydroxyl groups excluding tert-OH is 1. The highest BCUT2D eigenvalue weighted by Gasteiger charge is 2.17. The van der Waals surface area contributed by atoms with E-state index < -0.39 is 6.10 Å². The van der Waals surface area contributed by atoms with E-state index in [0.717, 1.165) is 24.1 Å². The summed E-state index contributed by atoms with van der Waals surface area (Å²) in [4.78, 5) is 0. The van der Waals surface area contributed by atoms with Crippen molar-refractivity contribution in [1.82, 2.24) is 15.0 Å². The van der Waals surface area contributed by atoms with Crippen LogP contribution in [0.3, 0.4) is 0 Å². The Bertz CT molecular complexity index is 560. The molecule has 1 N–H and O–H groups in total. The average Bonchev–Trinajstić information content (AvgIpc) is 2.98. The number of hydrogen-bond acceptors (Lipinski definition) is 3. The number of aliphatic hydroxyl groups is 1. The lowest BCUT2D eigenvalue weighted by Gasteiger charge is -2.17. The summed E-state index contributed by atoms with van der Waals surface area (Å²) in [6.07, 6.45) is 7.25. The maximum absolute atomic E-state index is 9.80. The molecule has 2 atom stereocenters. The van der Waals surface area contributed by atoms with Gasteiger partial charge >= 0.3 is 0 Å². The van der Waals surface area contributed by atoms with Crippen molar-refractivity contribution < 1.29 is 5.11 Å². The first kappa shape index (κ1) is 16.7. The van der Waals surface area contributed by atoms with Gasteiger partial charge in [0.1, 0.15) is 5.69 Å². The average molecular weight is 301 g/mol. The van der Waals surface area contributed by atoms with E-state index in [1.807, 2.05) is 13.1 Å². The van der Waals surface area contributed by atoms with Crippen LogP contribution in [0.5, 0.6) is 0 Å². The number of aromatic nitrogens is 3. The zero-order valence-electron chi connectivity index (χ0n) is 13.9. The predicted molar refractivity (Wildman–Crippen MR) is 89.7 cm³/mol. The Labute approximate surface area is 133 Å². The Balaban J connectivity index is 2.07. The number of aryl methyl sites for hydroxylation is 1. The molecule has 1 aromatic heterocycles. The summed E-state index contributed by atoms with van der Waals surface area (Å²) in [5, 5.41) is 18.2. The van der Waals surface area contributed by atoms with Crippen LogP contribution in [-0.2, 0) is 6.42 Å². The largest absolute Gasteiger partial charge is 0.391 e. The molecule has 0 aliphatic heterocycles. The Morgan fingerprint density at radius 1 is 1.14 bits per heavy atom. The lowest BCUT2D eigenvalue weighted by atomic mass is 10.0. The van der Waals surface area contributed by atoms with Gasteiger partial charge in [-0.1, -0.05) is 56.2 Å². The van der Waals surface area contributed by atoms with E-state index in [9.17, 15) is 5.11 Å². The number of unbranched alkanes of at least 4 members (excludes halogenated alkanes) is 2. The number of nitrogens with zero attached hydrogens (tertiary/aromatic N) is 3. The highest BCUT2D eigenvalue weighted by molar-refractivity contribution is 5.58. The summed E-state index contributed by atoms with van der Waals surface area (Å²) >= 11 is 0. The van der Waals surface area contributed by atoms with Crippen LogP contribution in [0.4, 0.5) is 0 Å². The Morgan fingerprint density at radius 3 is 2.45 bits per heavy atom. The maximum Gasteiger partial charge on any atom is 0.113 e. The molecular formula is C18H27N3O. The smallest absolute Gasteiger partial charge is 0.113 e. The first-order valence-electron chi connectivity index (χ1n) is 8.34. The van der Waals surface area contributed by atoms with Crippen LogP contribution in [0, 0.1) is 0 Å². The standard InChI is InChI=1S/C18H27N3O/c1-4-6-7-8-15-9-11-16(12-10-15)17-13-21(20-19-17)18(5-2)14(3)22/h9-14,18,22H,4-8H2,1-3H3/t14-,18+/m1/s1. The first-order chi connectivity index (χ1) is 10.7. The van der Waals surface area contributed by atoms with Gasteiger partial charge in [-0.3, -0.25) is 0 Å². The van der Waals surface area contributed by atoms with Gasteiger partial charge in [0, 0.05) is 5.56 Å². The molecule has 0 bridgehead atoms. The lowest BCUT2D eigenvalue weighted by molar-refractivity contribution is 0.119. The van der Waals surface area contributed by atoms with Crippen molar-refractivity contribution in [2.45, 2.75) is 65.0 Å². The summed E-state index contributed by atoms with van der Waals surface area (Å²) < 4.78 is 1.77. The minimum absolute atomic E-state index is 0.0189. The second-order valence-electron chi connectivity index (χ2n) is 5.95. The van der Waals surface area contributed by atoms with Crippen molar-refractivity contribution in [1.29, 1.82) is 0 Å². The molecule has 0 fully saturated rings. The van der Waals surface area contributed by atoms with Crippen LogP contribution in [-0.4, -0.2) is 26.2 Å². The van der Waals surface area contributed by atoms with E-state index in [-0.39, 0.29) is 6.04 Å². The molecule has 1 heterocycles. The first-order valence-corrected chi connectivity index (χ1v) is 8.34. The summed E-state index contributed by atoms with van der Waals surface area (Å²) in [5.41, 5.74) is 3.31. The number of benzene rings is 1. The Hall–Kier alpha value is -1.68. The molecule has 0 aliphatic carbocycles. The monoisotopic (exact) mass is 301 g/mol. The molecule has 0 saturated heterocycles. The molecule has 4 nitrogen and oxygen atoms in total. The minimum atomic E-state index is -0.430. The Kier molecular flexibility index (Phi) is 6.13. The van der Waals surface area contributed by atoms with E-state index in [0.29, 0.717) is 0 Å². The molecule has 0 saturated carbocycles. The zero-order valence-corrected chi connectivity index (χ0v) is 13.9. The van der Waals surface area contributed by atoms with Crippen molar-refractivity contribution >= 4 is 0 Å². The molecule has 0 spiro atoms. The third-order valence-corrected chi connectivity index (χ3v) is 4.14. The molecule has 0 unspecified atom stereocenters. The van der Waals surface area contributed by atoms with Crippen molar-refractivity contribution in [2.24, 2.45) is 0 Å². The topological polar surface area (TPSA) is 50.9 Å². The van der Waals surface area contributed by atoms with Crippen molar-refractivity contribution in [2.75, 3.05) is 0 Å². The third kappa shape index (κ3) is 4.17. The van der Waals surface area contributed by atoms with Gasteiger partial charge in [0.15, 0.2) is 0 Å². The second kappa shape index (κ2) is 8.08. The highest BCUT2D eigenvalue weighted by atomic mass is 16.3. The van der Waals surface area contributed by atoms with E-state index in [4.69, 9.17) is 0 Å². The SMILES string of the molecule is CCCCCc1ccc(-c2cn([C@@H](CC)[C@@H](C)O)nn2)cc1. The van der Waals surface area contributed by atoms with Gasteiger partial charge in [0.2, 0.25) is 0 Å². The van der Waals surface area contributed by atoms with Gasteiger partial charge in [-0.2, -0.15) is 0 Å². The van der Waals surface area contributed by atoms with Gasteiger partial charge < -0.3 is 5.11 Å². The molecule has 0 amide bonds. The van der Waals surface area contributed by atoms with E-state index >= 15 is 0 Å². The van der Waals surface area contributed by atoms with Crippen LogP contribution in [0.25, 0.3) is 11.3 Å². The molecule has 22 heavy (non-hydrogen) atoms. The summed E-state index contributed by atoms with van der Waals surface area (Å²) in [6, 6.07) is 8.55. The fraction of sp³-hybridized carbons (Fsp3) is 0.556. The van der Waals surface area contributed by atoms with Crippen LogP contribution in [0.15, 0.2) is 30.5 Å². The summed E-state index contributed by atoms with van der Waals surface area (Å²) in [5.74, 6) is 0. The fourth-order valence-electron chi connectivity index (χ4n) is 2.74. The van der Waals surface area contributed by atoms with Gasteiger partial charge in [0.05, 0.1) is 18.3 Å². The molecule has 2 aromatic rings. The van der Waals surface area contributed by atoms with Crippen LogP contribution in [0.2, 0.25) is 0 Å². The van der Waals surface area contributed by atoms with E-state index in [1.165, 1.54) is 24.8 Å². The molecule has 0 aliphatic rings. The quantitative estimate of drug-likeness (QED) is 0.749. The van der Waals surface area contributed by atoms with Crippen LogP contribution in [0.1, 0.15) is 58.1 Å². The number of hydrogen-bond donors (Lipinski definition) is 1. The van der Waals surface area contributed by atoms with Gasteiger partial charge in [-0.25, -0.2) is 4.68 Å². The lowest BCUT2D eigenvalue weighted by Crippen LogP contribution is -2.21. The molecule has 120 valence electrons. The molecule has 2 rings (SSSR count). The van der Waals surface area contributed by atoms with Crippen molar-refractivity contribution in [3.05, 3.63) is 36.0 Å². The predicted octanol–water partition coefficient (Wildman–Crippen LogP) is 4.01. The zero-order chi connectivity index (χ0) is 15.9. The molecule has 1 aromatic carbocycles. The Morgan fingerprint density at radius 2 is 1.86 bits per heavy atom. The van der Waals surface area contributed by atoms with Crippen LogP contribution < -0.4 is 0 Å². The molecular weight excluding hydrogens is 274 g/mol. The number of rotatable bonds is 8. The van der Waals surface area contributed by atoms with Gasteiger partial charge in [-0.05, 0) is 31.7 Å². The van der Waals surface area contributed by atoms with Crippen LogP contribution >= 0.6 is 0 Å². The second-order valence-corrected chi connectivity index (χ2v) is 5.95. The fourth-order valence-corrected chi connectivity index (χ4v) is 2.74. The van der Waals surface area contributed by atoms with Gasteiger partial charge in [-0.15, -0.1) is 5.10 Å². The maximum atomic E-state index is 9.80. The molecule has 0 radical (unpaired) electrons. The van der Waals surface area contributed by atoms with Crippen molar-refractivity contribution in [3.8, 4) is 11.3 Å². The minimum Gasteiger partial charge on any atom is -0.391 e. The van der Waals surface area contributed by atoms with E-state index in [1.54, 1.807) is 11.6 Å². The van der Waals surface area contributed by atoms with E-state index in [2.05, 4.69) is 41.5 Å². The third-order valence-electron chi connectivity index (χ3n) is 4.14.